The number of ether oxygens (including phenoxy) is 1. The Balaban J connectivity index is 2.44. The van der Waals surface area contributed by atoms with Crippen molar-refractivity contribution >= 4 is 17.7 Å². The zero-order valence-electron chi connectivity index (χ0n) is 9.60. The van der Waals surface area contributed by atoms with Crippen LogP contribution in [0.1, 0.15) is 17.2 Å². The predicted octanol–water partition coefficient (Wildman–Crippen LogP) is 3.78. The Morgan fingerprint density at radius 2 is 2.00 bits per heavy atom. The molecule has 0 radical (unpaired) electrons. The molecule has 110 valence electrons. The molecule has 1 aliphatic rings. The van der Waals surface area contributed by atoms with Crippen LogP contribution in [0.5, 0.6) is 0 Å². The van der Waals surface area contributed by atoms with Gasteiger partial charge in [-0.15, -0.1) is 0 Å². The minimum absolute atomic E-state index is 0.400. The number of hydrogen-bond donors (Lipinski definition) is 1. The van der Waals surface area contributed by atoms with E-state index in [4.69, 9.17) is 11.6 Å². The van der Waals surface area contributed by atoms with Gasteiger partial charge in [0.15, 0.2) is 6.61 Å². The van der Waals surface area contributed by atoms with Crippen LogP contribution in [0.2, 0.25) is 5.02 Å². The number of carbonyl (C=O) groups is 1. The van der Waals surface area contributed by atoms with Gasteiger partial charge in [-0.05, 0) is 17.7 Å². The van der Waals surface area contributed by atoms with Crippen molar-refractivity contribution < 1.29 is 31.5 Å². The maximum absolute atomic E-state index is 13.6. The molecule has 9 heteroatoms. The van der Waals surface area contributed by atoms with Crippen molar-refractivity contribution in [3.63, 3.8) is 0 Å². The summed E-state index contributed by atoms with van der Waals surface area (Å²) in [6.07, 6.45) is -5.90. The lowest BCUT2D eigenvalue weighted by molar-refractivity contribution is -0.137. The van der Waals surface area contributed by atoms with Gasteiger partial charge in [-0.2, -0.15) is 13.2 Å². The molecule has 1 aromatic carbocycles. The molecule has 1 aliphatic heterocycles. The first-order valence-corrected chi connectivity index (χ1v) is 5.67. The zero-order chi connectivity index (χ0) is 15.1. The lowest BCUT2D eigenvalue weighted by Gasteiger charge is -2.32. The van der Waals surface area contributed by atoms with Crippen molar-refractivity contribution in [2.45, 2.75) is 18.1 Å². The molecule has 2 rings (SSSR count). The van der Waals surface area contributed by atoms with Crippen LogP contribution in [-0.4, -0.2) is 18.6 Å². The third-order valence-corrected chi connectivity index (χ3v) is 3.04. The monoisotopic (exact) mass is 315 g/mol. The fraction of sp³-hybridized carbons (Fsp3) is 0.364. The van der Waals surface area contributed by atoms with Gasteiger partial charge in [0.1, 0.15) is 6.04 Å². The van der Waals surface area contributed by atoms with Crippen LogP contribution in [0.15, 0.2) is 18.2 Å². The van der Waals surface area contributed by atoms with Crippen LogP contribution < -0.4 is 5.32 Å². The molecule has 0 aliphatic carbocycles. The predicted molar refractivity (Wildman–Crippen MR) is 58.6 cm³/mol. The second-order valence-electron chi connectivity index (χ2n) is 4.15. The van der Waals surface area contributed by atoms with Crippen molar-refractivity contribution in [1.82, 2.24) is 5.32 Å². The van der Waals surface area contributed by atoms with E-state index in [9.17, 15) is 26.7 Å². The fourth-order valence-corrected chi connectivity index (χ4v) is 2.00. The normalized spacial score (nSPS) is 22.1. The number of benzene rings is 1. The van der Waals surface area contributed by atoms with Gasteiger partial charge in [-0.3, -0.25) is 0 Å². The summed E-state index contributed by atoms with van der Waals surface area (Å²) >= 11 is 5.40. The van der Waals surface area contributed by atoms with Gasteiger partial charge >= 0.3 is 18.2 Å². The summed E-state index contributed by atoms with van der Waals surface area (Å²) in [5, 5.41) is 1.19. The number of alkyl halides is 5. The van der Waals surface area contributed by atoms with Gasteiger partial charge in [0.05, 0.1) is 10.6 Å². The first-order chi connectivity index (χ1) is 9.11. The van der Waals surface area contributed by atoms with Gasteiger partial charge in [0.2, 0.25) is 0 Å². The SMILES string of the molecule is O=C1N[C@H](c2ccc(Cl)c(C(F)(F)F)c2)C(F)(F)CO1. The van der Waals surface area contributed by atoms with E-state index < -0.39 is 47.0 Å². The lowest BCUT2D eigenvalue weighted by atomic mass is 9.98. The Hall–Kier alpha value is -1.57. The molecule has 0 bridgehead atoms. The average Bonchev–Trinajstić information content (AvgIpc) is 2.32. The van der Waals surface area contributed by atoms with E-state index in [0.29, 0.717) is 6.07 Å². The number of nitrogens with one attached hydrogen (secondary N) is 1. The molecule has 1 fully saturated rings. The summed E-state index contributed by atoms with van der Waals surface area (Å²) in [5.41, 5.74) is -1.64. The second-order valence-corrected chi connectivity index (χ2v) is 4.56. The topological polar surface area (TPSA) is 38.3 Å². The number of amides is 1. The van der Waals surface area contributed by atoms with E-state index in [1.807, 2.05) is 0 Å². The number of hydrogen-bond acceptors (Lipinski definition) is 2. The Bertz CT molecular complexity index is 546. The molecule has 1 saturated heterocycles. The van der Waals surface area contributed by atoms with Crippen LogP contribution in [0.25, 0.3) is 0 Å². The quantitative estimate of drug-likeness (QED) is 0.801. The molecule has 1 N–H and O–H groups in total. The third-order valence-electron chi connectivity index (χ3n) is 2.71. The maximum Gasteiger partial charge on any atom is 0.417 e. The molecule has 3 nitrogen and oxygen atoms in total. The smallest absolute Gasteiger partial charge is 0.417 e. The van der Waals surface area contributed by atoms with Crippen LogP contribution in [-0.2, 0) is 10.9 Å². The molecule has 0 spiro atoms. The number of cyclic esters (lactones) is 1. The fourth-order valence-electron chi connectivity index (χ4n) is 1.78. The number of halogens is 6. The molecule has 1 atom stereocenters. The summed E-state index contributed by atoms with van der Waals surface area (Å²) in [4.78, 5) is 11.0. The zero-order valence-corrected chi connectivity index (χ0v) is 10.4. The van der Waals surface area contributed by atoms with Crippen molar-refractivity contribution in [3.05, 3.63) is 34.3 Å². The van der Waals surface area contributed by atoms with E-state index >= 15 is 0 Å². The van der Waals surface area contributed by atoms with Gasteiger partial charge < -0.3 is 10.1 Å². The van der Waals surface area contributed by atoms with Gasteiger partial charge in [-0.1, -0.05) is 17.7 Å². The Labute approximate surface area is 114 Å². The molecule has 1 aromatic rings. The van der Waals surface area contributed by atoms with Crippen molar-refractivity contribution in [3.8, 4) is 0 Å². The van der Waals surface area contributed by atoms with Gasteiger partial charge in [-0.25, -0.2) is 13.6 Å². The molecule has 20 heavy (non-hydrogen) atoms. The standard InChI is InChI=1S/C11H7ClF5NO2/c12-7-2-1-5(3-6(7)11(15,16)17)8-10(13,14)4-20-9(19)18-8/h1-3,8H,4H2,(H,18,19)/t8-/m1/s1. The highest BCUT2D eigenvalue weighted by atomic mass is 35.5. The summed E-state index contributed by atoms with van der Waals surface area (Å²) in [7, 11) is 0. The van der Waals surface area contributed by atoms with Crippen LogP contribution in [0.3, 0.4) is 0 Å². The Kier molecular flexibility index (Phi) is 3.53. The minimum atomic E-state index is -4.78. The summed E-state index contributed by atoms with van der Waals surface area (Å²) in [6.45, 7) is -1.20. The molecule has 0 saturated carbocycles. The number of carbonyl (C=O) groups excluding carboxylic acids is 1. The molecular weight excluding hydrogens is 309 g/mol. The number of rotatable bonds is 1. The highest BCUT2D eigenvalue weighted by Crippen LogP contribution is 2.39. The second kappa shape index (κ2) is 4.76. The number of alkyl carbamates (subject to hydrolysis) is 1. The molecule has 1 amide bonds. The van der Waals surface area contributed by atoms with E-state index in [1.54, 1.807) is 5.32 Å². The molecule has 0 aromatic heterocycles. The molecule has 0 unspecified atom stereocenters. The first-order valence-electron chi connectivity index (χ1n) is 5.29. The molecule has 1 heterocycles. The van der Waals surface area contributed by atoms with Crippen molar-refractivity contribution in [1.29, 1.82) is 0 Å². The molecular formula is C11H7ClF5NO2. The van der Waals surface area contributed by atoms with E-state index in [1.165, 1.54) is 0 Å². The van der Waals surface area contributed by atoms with E-state index in [0.717, 1.165) is 12.1 Å². The van der Waals surface area contributed by atoms with Crippen molar-refractivity contribution in [2.75, 3.05) is 6.61 Å². The van der Waals surface area contributed by atoms with Crippen LogP contribution in [0, 0.1) is 0 Å². The summed E-state index contributed by atoms with van der Waals surface area (Å²) in [5.74, 6) is -3.52. The van der Waals surface area contributed by atoms with Gasteiger partial charge in [0.25, 0.3) is 0 Å². The third kappa shape index (κ3) is 2.79. The average molecular weight is 316 g/mol. The Morgan fingerprint density at radius 1 is 1.35 bits per heavy atom. The highest BCUT2D eigenvalue weighted by Gasteiger charge is 2.47. The van der Waals surface area contributed by atoms with E-state index in [-0.39, 0.29) is 0 Å². The Morgan fingerprint density at radius 3 is 2.60 bits per heavy atom. The lowest BCUT2D eigenvalue weighted by Crippen LogP contribution is -2.49. The highest BCUT2D eigenvalue weighted by molar-refractivity contribution is 6.31. The maximum atomic E-state index is 13.6. The minimum Gasteiger partial charge on any atom is -0.443 e. The van der Waals surface area contributed by atoms with Crippen LogP contribution in [0.4, 0.5) is 26.7 Å². The van der Waals surface area contributed by atoms with E-state index in [2.05, 4.69) is 4.74 Å². The summed E-state index contributed by atoms with van der Waals surface area (Å²) < 4.78 is 69.4. The summed E-state index contributed by atoms with van der Waals surface area (Å²) in [6, 6.07) is 0.452. The van der Waals surface area contributed by atoms with Crippen molar-refractivity contribution in [2.24, 2.45) is 0 Å². The largest absolute Gasteiger partial charge is 0.443 e. The first kappa shape index (κ1) is 14.8. The van der Waals surface area contributed by atoms with Crippen LogP contribution >= 0.6 is 11.6 Å². The van der Waals surface area contributed by atoms with Gasteiger partial charge in [0, 0.05) is 0 Å².